The van der Waals surface area contributed by atoms with Crippen LogP contribution in [0.5, 0.6) is 0 Å². The zero-order valence-corrected chi connectivity index (χ0v) is 10.7. The minimum atomic E-state index is 0.691. The molecule has 2 heterocycles. The first kappa shape index (κ1) is 12.6. The second kappa shape index (κ2) is 6.77. The topological polar surface area (TPSA) is 41.3 Å². The molecule has 0 amide bonds. The number of likely N-dealkylation sites (tertiary alicyclic amines) is 1. The van der Waals surface area contributed by atoms with Crippen LogP contribution in [0.2, 0.25) is 0 Å². The molecule has 0 aromatic carbocycles. The van der Waals surface area contributed by atoms with E-state index in [0.29, 0.717) is 5.92 Å². The van der Waals surface area contributed by atoms with E-state index in [9.17, 15) is 0 Å². The Balaban J connectivity index is 1.58. The fourth-order valence-corrected chi connectivity index (χ4v) is 2.42. The van der Waals surface area contributed by atoms with E-state index in [1.807, 2.05) is 0 Å². The van der Waals surface area contributed by atoms with Crippen LogP contribution in [-0.4, -0.2) is 36.1 Å². The fraction of sp³-hybridized carbons (Fsp3) is 0.769. The molecule has 4 nitrogen and oxygen atoms in total. The zero-order valence-electron chi connectivity index (χ0n) is 10.7. The summed E-state index contributed by atoms with van der Waals surface area (Å²) in [4.78, 5) is 6.49. The molecule has 1 unspecified atom stereocenters. The summed E-state index contributed by atoms with van der Waals surface area (Å²) in [5.74, 6) is 1.60. The lowest BCUT2D eigenvalue weighted by molar-refractivity contribution is 0.198. The van der Waals surface area contributed by atoms with Crippen molar-refractivity contribution >= 4 is 0 Å². The Morgan fingerprint density at radius 1 is 1.41 bits per heavy atom. The number of piperidine rings is 1. The molecule has 17 heavy (non-hydrogen) atoms. The second-order valence-corrected chi connectivity index (χ2v) is 5.07. The third kappa shape index (κ3) is 4.48. The summed E-state index contributed by atoms with van der Waals surface area (Å²) < 4.78 is 5.18. The predicted octanol–water partition coefficient (Wildman–Crippen LogP) is 1.89. The van der Waals surface area contributed by atoms with Crippen LogP contribution in [0, 0.1) is 5.92 Å². The van der Waals surface area contributed by atoms with E-state index in [1.165, 1.54) is 45.3 Å². The molecule has 1 fully saturated rings. The molecule has 4 heteroatoms. The zero-order chi connectivity index (χ0) is 11.9. The van der Waals surface area contributed by atoms with Gasteiger partial charge in [-0.1, -0.05) is 13.3 Å². The summed E-state index contributed by atoms with van der Waals surface area (Å²) in [5.41, 5.74) is 0. The largest absolute Gasteiger partial charge is 0.447 e. The number of hydrogen-bond donors (Lipinski definition) is 1. The fourth-order valence-electron chi connectivity index (χ4n) is 2.42. The molecule has 1 aliphatic heterocycles. The predicted molar refractivity (Wildman–Crippen MR) is 67.7 cm³/mol. The van der Waals surface area contributed by atoms with E-state index in [4.69, 9.17) is 4.42 Å². The van der Waals surface area contributed by atoms with Crippen LogP contribution >= 0.6 is 0 Å². The summed E-state index contributed by atoms with van der Waals surface area (Å²) in [5, 5.41) is 3.42. The molecule has 96 valence electrons. The van der Waals surface area contributed by atoms with Gasteiger partial charge in [0.1, 0.15) is 5.76 Å². The molecule has 1 aliphatic rings. The highest BCUT2D eigenvalue weighted by atomic mass is 16.3. The smallest absolute Gasteiger partial charge is 0.180 e. The number of oxazole rings is 1. The highest BCUT2D eigenvalue weighted by molar-refractivity contribution is 4.87. The normalized spacial score (nSPS) is 19.4. The SMILES string of the molecule is CC(CNCc1cnco1)CN1CCCCC1. The average Bonchev–Trinajstić information content (AvgIpc) is 2.83. The van der Waals surface area contributed by atoms with E-state index in [1.54, 1.807) is 6.20 Å². The molecule has 2 rings (SSSR count). The number of nitrogens with one attached hydrogen (secondary N) is 1. The van der Waals surface area contributed by atoms with Crippen molar-refractivity contribution in [2.24, 2.45) is 5.92 Å². The van der Waals surface area contributed by atoms with Crippen molar-refractivity contribution in [3.8, 4) is 0 Å². The van der Waals surface area contributed by atoms with Gasteiger partial charge in [0.15, 0.2) is 6.39 Å². The van der Waals surface area contributed by atoms with Crippen LogP contribution in [-0.2, 0) is 6.54 Å². The summed E-state index contributed by atoms with van der Waals surface area (Å²) in [6.45, 7) is 7.91. The molecule has 1 aromatic heterocycles. The average molecular weight is 237 g/mol. The Labute approximate surface area is 103 Å². The van der Waals surface area contributed by atoms with Gasteiger partial charge in [0.2, 0.25) is 0 Å². The molecule has 1 N–H and O–H groups in total. The van der Waals surface area contributed by atoms with Gasteiger partial charge in [-0.25, -0.2) is 4.98 Å². The first-order valence-corrected chi connectivity index (χ1v) is 6.65. The standard InChI is InChI=1S/C13H23N3O/c1-12(10-16-5-3-2-4-6-16)7-14-8-13-9-15-11-17-13/h9,11-12,14H,2-8,10H2,1H3. The molecular formula is C13H23N3O. The van der Waals surface area contributed by atoms with Gasteiger partial charge < -0.3 is 14.6 Å². The highest BCUT2D eigenvalue weighted by Gasteiger charge is 2.13. The molecule has 0 saturated carbocycles. The van der Waals surface area contributed by atoms with Crippen molar-refractivity contribution in [1.29, 1.82) is 0 Å². The molecule has 1 aromatic rings. The summed E-state index contributed by atoms with van der Waals surface area (Å²) in [7, 11) is 0. The van der Waals surface area contributed by atoms with E-state index in [-0.39, 0.29) is 0 Å². The third-order valence-corrected chi connectivity index (χ3v) is 3.29. The molecule has 0 bridgehead atoms. The molecule has 0 spiro atoms. The maximum Gasteiger partial charge on any atom is 0.180 e. The number of hydrogen-bond acceptors (Lipinski definition) is 4. The van der Waals surface area contributed by atoms with Crippen LogP contribution in [0.4, 0.5) is 0 Å². The van der Waals surface area contributed by atoms with Crippen LogP contribution < -0.4 is 5.32 Å². The Morgan fingerprint density at radius 2 is 2.24 bits per heavy atom. The molecule has 0 aliphatic carbocycles. The second-order valence-electron chi connectivity index (χ2n) is 5.07. The molecule has 1 atom stereocenters. The van der Waals surface area contributed by atoms with E-state index in [0.717, 1.165) is 18.8 Å². The van der Waals surface area contributed by atoms with E-state index >= 15 is 0 Å². The van der Waals surface area contributed by atoms with Gasteiger partial charge in [0, 0.05) is 6.54 Å². The number of nitrogens with zero attached hydrogens (tertiary/aromatic N) is 2. The lowest BCUT2D eigenvalue weighted by Gasteiger charge is -2.29. The Bertz CT molecular complexity index is 294. The lowest BCUT2D eigenvalue weighted by Crippen LogP contribution is -2.36. The van der Waals surface area contributed by atoms with Crippen molar-refractivity contribution in [1.82, 2.24) is 15.2 Å². The van der Waals surface area contributed by atoms with Crippen LogP contribution in [0.25, 0.3) is 0 Å². The van der Waals surface area contributed by atoms with Gasteiger partial charge in [0.05, 0.1) is 12.7 Å². The summed E-state index contributed by atoms with van der Waals surface area (Å²) in [6, 6.07) is 0. The van der Waals surface area contributed by atoms with E-state index in [2.05, 4.69) is 22.1 Å². The van der Waals surface area contributed by atoms with Gasteiger partial charge in [-0.05, 0) is 38.4 Å². The highest BCUT2D eigenvalue weighted by Crippen LogP contribution is 2.10. The Hall–Kier alpha value is -0.870. The van der Waals surface area contributed by atoms with Crippen LogP contribution in [0.1, 0.15) is 31.9 Å². The first-order valence-electron chi connectivity index (χ1n) is 6.65. The maximum atomic E-state index is 5.18. The van der Waals surface area contributed by atoms with Gasteiger partial charge in [-0.3, -0.25) is 0 Å². The molecule has 0 radical (unpaired) electrons. The van der Waals surface area contributed by atoms with Crippen molar-refractivity contribution in [2.45, 2.75) is 32.7 Å². The molecule has 1 saturated heterocycles. The minimum Gasteiger partial charge on any atom is -0.447 e. The van der Waals surface area contributed by atoms with Crippen molar-refractivity contribution in [2.75, 3.05) is 26.2 Å². The van der Waals surface area contributed by atoms with Crippen molar-refractivity contribution in [3.63, 3.8) is 0 Å². The first-order chi connectivity index (χ1) is 8.34. The van der Waals surface area contributed by atoms with Crippen molar-refractivity contribution < 1.29 is 4.42 Å². The third-order valence-electron chi connectivity index (χ3n) is 3.29. The quantitative estimate of drug-likeness (QED) is 0.820. The van der Waals surface area contributed by atoms with Gasteiger partial charge >= 0.3 is 0 Å². The Kier molecular flexibility index (Phi) is 5.01. The minimum absolute atomic E-state index is 0.691. The van der Waals surface area contributed by atoms with Crippen LogP contribution in [0.15, 0.2) is 17.0 Å². The van der Waals surface area contributed by atoms with Gasteiger partial charge in [-0.15, -0.1) is 0 Å². The maximum absolute atomic E-state index is 5.18. The molecular weight excluding hydrogens is 214 g/mol. The van der Waals surface area contributed by atoms with Crippen molar-refractivity contribution in [3.05, 3.63) is 18.4 Å². The summed E-state index contributed by atoms with van der Waals surface area (Å²) in [6.07, 6.45) is 7.40. The number of rotatable bonds is 6. The van der Waals surface area contributed by atoms with Crippen LogP contribution in [0.3, 0.4) is 0 Å². The monoisotopic (exact) mass is 237 g/mol. The Morgan fingerprint density at radius 3 is 2.94 bits per heavy atom. The lowest BCUT2D eigenvalue weighted by atomic mass is 10.1. The van der Waals surface area contributed by atoms with Gasteiger partial charge in [-0.2, -0.15) is 0 Å². The van der Waals surface area contributed by atoms with E-state index < -0.39 is 0 Å². The van der Waals surface area contributed by atoms with Gasteiger partial charge in [0.25, 0.3) is 0 Å². The number of aromatic nitrogens is 1. The summed E-state index contributed by atoms with van der Waals surface area (Å²) >= 11 is 0.